The fourth-order valence-corrected chi connectivity index (χ4v) is 5.83. The van der Waals surface area contributed by atoms with Gasteiger partial charge in [-0.1, -0.05) is 30.3 Å². The number of carbonyl (C=O) groups is 1. The zero-order chi connectivity index (χ0) is 23.6. The Balaban J connectivity index is 1.71. The van der Waals surface area contributed by atoms with Crippen LogP contribution in [-0.4, -0.2) is 49.5 Å². The summed E-state index contributed by atoms with van der Waals surface area (Å²) >= 11 is 0. The van der Waals surface area contributed by atoms with Crippen molar-refractivity contribution in [3.8, 4) is 0 Å². The van der Waals surface area contributed by atoms with Crippen LogP contribution in [0.15, 0.2) is 47.4 Å². The summed E-state index contributed by atoms with van der Waals surface area (Å²) in [5.74, 6) is -0.438. The molecule has 0 amide bonds. The molecule has 0 saturated carbocycles. The molecule has 176 valence electrons. The second kappa shape index (κ2) is 9.67. The lowest BCUT2D eigenvalue weighted by Crippen LogP contribution is -2.37. The number of aromatic nitrogens is 1. The number of carbonyl (C=O) groups excluding carboxylic acids is 1. The monoisotopic (exact) mass is 470 g/mol. The van der Waals surface area contributed by atoms with Crippen molar-refractivity contribution in [2.75, 3.05) is 19.8 Å². The van der Waals surface area contributed by atoms with E-state index in [2.05, 4.69) is 4.98 Å². The van der Waals surface area contributed by atoms with Gasteiger partial charge in [0.25, 0.3) is 0 Å². The Morgan fingerprint density at radius 3 is 2.64 bits per heavy atom. The summed E-state index contributed by atoms with van der Waals surface area (Å²) in [4.78, 5) is 15.7. The van der Waals surface area contributed by atoms with E-state index in [1.807, 2.05) is 44.2 Å². The van der Waals surface area contributed by atoms with Gasteiger partial charge in [0.05, 0.1) is 17.6 Å². The van der Waals surface area contributed by atoms with Gasteiger partial charge in [-0.3, -0.25) is 0 Å². The minimum absolute atomic E-state index is 0.141. The van der Waals surface area contributed by atoms with Crippen molar-refractivity contribution >= 4 is 26.8 Å². The molecule has 1 aliphatic rings. The number of sulfonamides is 1. The summed E-state index contributed by atoms with van der Waals surface area (Å²) in [5.41, 5.74) is 2.60. The number of benzene rings is 2. The number of nitrogens with zero attached hydrogens (tertiary/aromatic N) is 1. The minimum Gasteiger partial charge on any atom is -0.461 e. The Bertz CT molecular complexity index is 1260. The van der Waals surface area contributed by atoms with Crippen molar-refractivity contribution in [2.45, 2.75) is 51.2 Å². The Kier molecular flexibility index (Phi) is 6.88. The van der Waals surface area contributed by atoms with Crippen molar-refractivity contribution in [3.63, 3.8) is 0 Å². The molecule has 2 aromatic carbocycles. The lowest BCUT2D eigenvalue weighted by Gasteiger charge is -2.25. The average molecular weight is 471 g/mol. The summed E-state index contributed by atoms with van der Waals surface area (Å²) in [6, 6.07) is 12.9. The molecule has 7 nitrogen and oxygen atoms in total. The standard InChI is InChI=1S/C25H30N2O5S/c1-4-31-25(28)24-17(2)23(18(3)26-24)16-27(15-21-10-7-13-32-21)33(29,30)22-12-11-19-8-5-6-9-20(19)14-22/h5-6,8-9,11-12,14,21,26H,4,7,10,13,15-16H2,1-3H3/t21-/m0/s1. The molecule has 4 rings (SSSR count). The molecule has 1 saturated heterocycles. The fraction of sp³-hybridized carbons (Fsp3) is 0.400. The highest BCUT2D eigenvalue weighted by Crippen LogP contribution is 2.28. The summed E-state index contributed by atoms with van der Waals surface area (Å²) in [7, 11) is -3.81. The number of H-pyrrole nitrogens is 1. The van der Waals surface area contributed by atoms with Crippen LogP contribution < -0.4 is 0 Å². The van der Waals surface area contributed by atoms with Gasteiger partial charge in [-0.15, -0.1) is 0 Å². The van der Waals surface area contributed by atoms with Gasteiger partial charge < -0.3 is 14.5 Å². The molecule has 0 radical (unpaired) electrons. The second-order valence-electron chi connectivity index (χ2n) is 8.39. The smallest absolute Gasteiger partial charge is 0.355 e. The molecule has 1 fully saturated rings. The largest absolute Gasteiger partial charge is 0.461 e. The van der Waals surface area contributed by atoms with Gasteiger partial charge in [0.1, 0.15) is 5.69 Å². The summed E-state index contributed by atoms with van der Waals surface area (Å²) in [5, 5.41) is 1.85. The van der Waals surface area contributed by atoms with E-state index in [9.17, 15) is 13.2 Å². The first-order chi connectivity index (χ1) is 15.8. The van der Waals surface area contributed by atoms with E-state index in [1.165, 1.54) is 4.31 Å². The lowest BCUT2D eigenvalue weighted by molar-refractivity contribution is 0.0519. The van der Waals surface area contributed by atoms with Crippen LogP contribution in [0.5, 0.6) is 0 Å². The van der Waals surface area contributed by atoms with Crippen molar-refractivity contribution in [1.29, 1.82) is 0 Å². The first kappa shape index (κ1) is 23.5. The van der Waals surface area contributed by atoms with E-state index in [0.29, 0.717) is 17.9 Å². The SMILES string of the molecule is CCOC(=O)c1[nH]c(C)c(CN(C[C@@H]2CCCO2)S(=O)(=O)c2ccc3ccccc3c2)c1C. The predicted octanol–water partition coefficient (Wildman–Crippen LogP) is 4.33. The van der Waals surface area contributed by atoms with Gasteiger partial charge >= 0.3 is 5.97 Å². The number of ether oxygens (including phenoxy) is 2. The highest BCUT2D eigenvalue weighted by molar-refractivity contribution is 7.89. The Morgan fingerprint density at radius 1 is 1.18 bits per heavy atom. The van der Waals surface area contributed by atoms with Gasteiger partial charge in [-0.05, 0) is 67.6 Å². The van der Waals surface area contributed by atoms with Crippen LogP contribution >= 0.6 is 0 Å². The molecule has 33 heavy (non-hydrogen) atoms. The molecule has 8 heteroatoms. The maximum absolute atomic E-state index is 13.8. The van der Waals surface area contributed by atoms with Gasteiger partial charge in [0.15, 0.2) is 0 Å². The van der Waals surface area contributed by atoms with E-state index in [1.54, 1.807) is 19.1 Å². The van der Waals surface area contributed by atoms with Crippen molar-refractivity contribution in [2.24, 2.45) is 0 Å². The van der Waals surface area contributed by atoms with Crippen LogP contribution in [0.3, 0.4) is 0 Å². The van der Waals surface area contributed by atoms with Crippen molar-refractivity contribution in [3.05, 3.63) is 65.0 Å². The van der Waals surface area contributed by atoms with E-state index in [-0.39, 0.29) is 30.7 Å². The third-order valence-electron chi connectivity index (χ3n) is 6.20. The highest BCUT2D eigenvalue weighted by atomic mass is 32.2. The number of aromatic amines is 1. The van der Waals surface area contributed by atoms with Gasteiger partial charge in [0.2, 0.25) is 10.0 Å². The quantitative estimate of drug-likeness (QED) is 0.495. The number of rotatable bonds is 8. The van der Waals surface area contributed by atoms with Crippen molar-refractivity contribution < 1.29 is 22.7 Å². The molecule has 1 atom stereocenters. The van der Waals surface area contributed by atoms with Crippen LogP contribution in [0, 0.1) is 13.8 Å². The number of hydrogen-bond acceptors (Lipinski definition) is 5. The minimum atomic E-state index is -3.81. The van der Waals surface area contributed by atoms with E-state index in [0.717, 1.165) is 34.9 Å². The van der Waals surface area contributed by atoms with E-state index >= 15 is 0 Å². The third-order valence-corrected chi connectivity index (χ3v) is 8.00. The summed E-state index contributed by atoms with van der Waals surface area (Å²) < 4.78 is 40.0. The molecule has 0 bridgehead atoms. The van der Waals surface area contributed by atoms with Gasteiger partial charge in [-0.2, -0.15) is 4.31 Å². The first-order valence-corrected chi connectivity index (χ1v) is 12.7. The highest BCUT2D eigenvalue weighted by Gasteiger charge is 2.31. The Hall–Kier alpha value is -2.68. The number of aryl methyl sites for hydroxylation is 1. The third kappa shape index (κ3) is 4.83. The molecule has 2 heterocycles. The van der Waals surface area contributed by atoms with Crippen LogP contribution in [0.25, 0.3) is 10.8 Å². The maximum atomic E-state index is 13.8. The molecule has 0 aliphatic carbocycles. The van der Waals surface area contributed by atoms with Gasteiger partial charge in [-0.25, -0.2) is 13.2 Å². The normalized spacial score (nSPS) is 16.5. The topological polar surface area (TPSA) is 88.7 Å². The van der Waals surface area contributed by atoms with E-state index in [4.69, 9.17) is 9.47 Å². The Labute approximate surface area is 194 Å². The molecular formula is C25H30N2O5S. The zero-order valence-corrected chi connectivity index (χ0v) is 20.1. The molecule has 1 N–H and O–H groups in total. The van der Waals surface area contributed by atoms with Crippen LogP contribution in [0.4, 0.5) is 0 Å². The maximum Gasteiger partial charge on any atom is 0.355 e. The number of hydrogen-bond donors (Lipinski definition) is 1. The zero-order valence-electron chi connectivity index (χ0n) is 19.3. The summed E-state index contributed by atoms with van der Waals surface area (Å²) in [6.45, 7) is 6.73. The van der Waals surface area contributed by atoms with Crippen LogP contribution in [0.2, 0.25) is 0 Å². The molecule has 0 spiro atoms. The number of nitrogens with one attached hydrogen (secondary N) is 1. The fourth-order valence-electron chi connectivity index (χ4n) is 4.35. The molecular weight excluding hydrogens is 440 g/mol. The first-order valence-electron chi connectivity index (χ1n) is 11.3. The van der Waals surface area contributed by atoms with Gasteiger partial charge in [0, 0.05) is 25.4 Å². The molecule has 3 aromatic rings. The van der Waals surface area contributed by atoms with E-state index < -0.39 is 16.0 Å². The molecule has 0 unspecified atom stereocenters. The summed E-state index contributed by atoms with van der Waals surface area (Å²) in [6.07, 6.45) is 1.59. The Morgan fingerprint density at radius 2 is 1.94 bits per heavy atom. The van der Waals surface area contributed by atoms with Crippen LogP contribution in [-0.2, 0) is 26.0 Å². The number of esters is 1. The molecule has 1 aromatic heterocycles. The number of fused-ring (bicyclic) bond motifs is 1. The van der Waals surface area contributed by atoms with Crippen LogP contribution in [0.1, 0.15) is 47.1 Å². The second-order valence-corrected chi connectivity index (χ2v) is 10.3. The van der Waals surface area contributed by atoms with Crippen molar-refractivity contribution in [1.82, 2.24) is 9.29 Å². The average Bonchev–Trinajstić information content (AvgIpc) is 3.41. The lowest BCUT2D eigenvalue weighted by atomic mass is 10.1. The predicted molar refractivity (Wildman–Crippen MR) is 127 cm³/mol. The molecule has 1 aliphatic heterocycles.